The maximum atomic E-state index is 13.1. The Hall–Kier alpha value is -3.38. The van der Waals surface area contributed by atoms with Crippen molar-refractivity contribution in [1.82, 2.24) is 10.2 Å². The molecule has 3 rings (SSSR count). The molecule has 0 atom stereocenters. The largest absolute Gasteiger partial charge is 0.325 e. The molecule has 3 aromatic rings. The molecule has 2 N–H and O–H groups in total. The summed E-state index contributed by atoms with van der Waals surface area (Å²) in [7, 11) is 0. The van der Waals surface area contributed by atoms with Crippen molar-refractivity contribution < 1.29 is 18.9 Å². The summed E-state index contributed by atoms with van der Waals surface area (Å²) in [6.07, 6.45) is 0. The minimum absolute atomic E-state index is 0.0178. The van der Waals surface area contributed by atoms with Crippen molar-refractivity contribution in [2.24, 2.45) is 0 Å². The van der Waals surface area contributed by atoms with Gasteiger partial charge in [-0.1, -0.05) is 35.2 Å². The number of carbonyl (C=O) groups excluding carboxylic acids is 2. The van der Waals surface area contributed by atoms with E-state index in [-0.39, 0.29) is 28.0 Å². The van der Waals surface area contributed by atoms with Gasteiger partial charge in [-0.3, -0.25) is 25.0 Å². The Kier molecular flexibility index (Phi) is 6.46. The van der Waals surface area contributed by atoms with Gasteiger partial charge in [0.05, 0.1) is 10.7 Å². The SMILES string of the molecule is O=C(CSc1nnc(NC(=O)c2cccc([N+](=O)[O-])c2)s1)Nc1cccc(F)c1. The zero-order chi connectivity index (χ0) is 20.8. The first-order valence-corrected chi connectivity index (χ1v) is 9.78. The number of non-ortho nitro benzene ring substituents is 1. The van der Waals surface area contributed by atoms with E-state index in [1.54, 1.807) is 6.07 Å². The highest BCUT2D eigenvalue weighted by Gasteiger charge is 2.14. The zero-order valence-electron chi connectivity index (χ0n) is 14.5. The molecule has 0 saturated carbocycles. The Morgan fingerprint density at radius 3 is 2.69 bits per heavy atom. The molecule has 12 heteroatoms. The second kappa shape index (κ2) is 9.21. The van der Waals surface area contributed by atoms with E-state index in [9.17, 15) is 24.1 Å². The van der Waals surface area contributed by atoms with E-state index >= 15 is 0 Å². The van der Waals surface area contributed by atoms with Crippen LogP contribution in [0.4, 0.5) is 20.9 Å². The summed E-state index contributed by atoms with van der Waals surface area (Å²) < 4.78 is 13.6. The van der Waals surface area contributed by atoms with Gasteiger partial charge in [-0.05, 0) is 24.3 Å². The highest BCUT2D eigenvalue weighted by atomic mass is 32.2. The Morgan fingerprint density at radius 2 is 1.93 bits per heavy atom. The van der Waals surface area contributed by atoms with Gasteiger partial charge in [0.15, 0.2) is 4.34 Å². The molecule has 0 bridgehead atoms. The standard InChI is InChI=1S/C17H12FN5O4S2/c18-11-4-2-5-12(8-11)19-14(24)9-28-17-22-21-16(29-17)20-15(25)10-3-1-6-13(7-10)23(26)27/h1-8H,9H2,(H,19,24)(H,20,21,25). The van der Waals surface area contributed by atoms with E-state index in [1.165, 1.54) is 36.4 Å². The van der Waals surface area contributed by atoms with Crippen LogP contribution in [0.2, 0.25) is 0 Å². The fourth-order valence-electron chi connectivity index (χ4n) is 2.14. The summed E-state index contributed by atoms with van der Waals surface area (Å²) in [4.78, 5) is 34.3. The van der Waals surface area contributed by atoms with Gasteiger partial charge >= 0.3 is 0 Å². The van der Waals surface area contributed by atoms with Crippen molar-refractivity contribution >= 4 is 51.4 Å². The van der Waals surface area contributed by atoms with E-state index in [0.717, 1.165) is 29.2 Å². The Balaban J connectivity index is 1.54. The van der Waals surface area contributed by atoms with Crippen LogP contribution in [0.25, 0.3) is 0 Å². The van der Waals surface area contributed by atoms with E-state index in [2.05, 4.69) is 20.8 Å². The average molecular weight is 433 g/mol. The number of thioether (sulfide) groups is 1. The summed E-state index contributed by atoms with van der Waals surface area (Å²) in [6.45, 7) is 0. The molecule has 0 aliphatic heterocycles. The van der Waals surface area contributed by atoms with Gasteiger partial charge in [0.2, 0.25) is 11.0 Å². The molecule has 0 radical (unpaired) electrons. The summed E-state index contributed by atoms with van der Waals surface area (Å²) in [5.41, 5.74) is 0.256. The second-order valence-electron chi connectivity index (χ2n) is 5.48. The molecule has 0 aliphatic rings. The number of hydrogen-bond donors (Lipinski definition) is 2. The summed E-state index contributed by atoms with van der Waals surface area (Å²) in [5.74, 6) is -1.35. The smallest absolute Gasteiger partial charge is 0.270 e. The van der Waals surface area contributed by atoms with Crippen LogP contribution in [0.5, 0.6) is 0 Å². The topological polar surface area (TPSA) is 127 Å². The van der Waals surface area contributed by atoms with Gasteiger partial charge in [0, 0.05) is 23.4 Å². The van der Waals surface area contributed by atoms with Gasteiger partial charge < -0.3 is 5.32 Å². The second-order valence-corrected chi connectivity index (χ2v) is 7.68. The number of carbonyl (C=O) groups is 2. The number of nitrogens with one attached hydrogen (secondary N) is 2. The van der Waals surface area contributed by atoms with Crippen LogP contribution in [-0.4, -0.2) is 32.7 Å². The van der Waals surface area contributed by atoms with E-state index in [4.69, 9.17) is 0 Å². The van der Waals surface area contributed by atoms with Crippen molar-refractivity contribution in [2.45, 2.75) is 4.34 Å². The number of nitro benzene ring substituents is 1. The number of halogens is 1. The van der Waals surface area contributed by atoms with Gasteiger partial charge in [-0.15, -0.1) is 10.2 Å². The summed E-state index contributed by atoms with van der Waals surface area (Å²) in [6, 6.07) is 10.8. The van der Waals surface area contributed by atoms with Crippen molar-refractivity contribution in [2.75, 3.05) is 16.4 Å². The molecule has 0 aliphatic carbocycles. The van der Waals surface area contributed by atoms with Gasteiger partial charge in [-0.2, -0.15) is 0 Å². The normalized spacial score (nSPS) is 10.4. The lowest BCUT2D eigenvalue weighted by Crippen LogP contribution is -2.13. The van der Waals surface area contributed by atoms with Crippen LogP contribution in [0.3, 0.4) is 0 Å². The fourth-order valence-corrected chi connectivity index (χ4v) is 3.69. The van der Waals surface area contributed by atoms with E-state index in [0.29, 0.717) is 10.0 Å². The Labute approximate surface area is 171 Å². The maximum absolute atomic E-state index is 13.1. The van der Waals surface area contributed by atoms with Crippen LogP contribution in [0.1, 0.15) is 10.4 Å². The van der Waals surface area contributed by atoms with Crippen molar-refractivity contribution in [3.63, 3.8) is 0 Å². The molecule has 0 spiro atoms. The first kappa shape index (κ1) is 20.4. The lowest BCUT2D eigenvalue weighted by atomic mass is 10.2. The first-order valence-electron chi connectivity index (χ1n) is 7.98. The lowest BCUT2D eigenvalue weighted by molar-refractivity contribution is -0.384. The quantitative estimate of drug-likeness (QED) is 0.252. The highest BCUT2D eigenvalue weighted by molar-refractivity contribution is 8.01. The number of nitrogens with zero attached hydrogens (tertiary/aromatic N) is 3. The van der Waals surface area contributed by atoms with Crippen LogP contribution < -0.4 is 10.6 Å². The van der Waals surface area contributed by atoms with Crippen molar-refractivity contribution in [1.29, 1.82) is 0 Å². The van der Waals surface area contributed by atoms with Crippen LogP contribution >= 0.6 is 23.1 Å². The molecule has 0 fully saturated rings. The molecule has 2 amide bonds. The lowest BCUT2D eigenvalue weighted by Gasteiger charge is -2.03. The third kappa shape index (κ3) is 5.80. The molecule has 1 aromatic heterocycles. The summed E-state index contributed by atoms with van der Waals surface area (Å²) in [5, 5.41) is 23.7. The number of nitro groups is 1. The van der Waals surface area contributed by atoms with Gasteiger partial charge in [0.25, 0.3) is 11.6 Å². The number of aromatic nitrogens is 2. The molecule has 2 aromatic carbocycles. The highest BCUT2D eigenvalue weighted by Crippen LogP contribution is 2.26. The van der Waals surface area contributed by atoms with Crippen molar-refractivity contribution in [3.8, 4) is 0 Å². The Bertz CT molecular complexity index is 1080. The van der Waals surface area contributed by atoms with Crippen LogP contribution in [-0.2, 0) is 4.79 Å². The third-order valence-corrected chi connectivity index (χ3v) is 5.35. The number of anilines is 2. The molecule has 9 nitrogen and oxygen atoms in total. The fraction of sp³-hybridized carbons (Fsp3) is 0.0588. The minimum Gasteiger partial charge on any atom is -0.325 e. The van der Waals surface area contributed by atoms with Crippen LogP contribution in [0.15, 0.2) is 52.9 Å². The molecule has 148 valence electrons. The maximum Gasteiger partial charge on any atom is 0.270 e. The van der Waals surface area contributed by atoms with Gasteiger partial charge in [-0.25, -0.2) is 4.39 Å². The average Bonchev–Trinajstić information content (AvgIpc) is 3.14. The van der Waals surface area contributed by atoms with E-state index in [1.807, 2.05) is 0 Å². The predicted octanol–water partition coefficient (Wildman–Crippen LogP) is 3.57. The van der Waals surface area contributed by atoms with Crippen molar-refractivity contribution in [3.05, 3.63) is 70.0 Å². The molecular weight excluding hydrogens is 421 g/mol. The third-order valence-electron chi connectivity index (χ3n) is 3.38. The summed E-state index contributed by atoms with van der Waals surface area (Å²) >= 11 is 2.15. The molecule has 0 unspecified atom stereocenters. The minimum atomic E-state index is -0.592. The number of rotatable bonds is 7. The molecular formula is C17H12FN5O4S2. The predicted molar refractivity (Wildman–Crippen MR) is 107 cm³/mol. The molecule has 29 heavy (non-hydrogen) atoms. The van der Waals surface area contributed by atoms with Crippen LogP contribution in [0, 0.1) is 15.9 Å². The van der Waals surface area contributed by atoms with E-state index < -0.39 is 16.6 Å². The number of hydrogen-bond acceptors (Lipinski definition) is 8. The van der Waals surface area contributed by atoms with Gasteiger partial charge in [0.1, 0.15) is 5.82 Å². The monoisotopic (exact) mass is 433 g/mol. The Morgan fingerprint density at radius 1 is 1.14 bits per heavy atom. The number of benzene rings is 2. The zero-order valence-corrected chi connectivity index (χ0v) is 16.1. The molecule has 1 heterocycles. The first-order chi connectivity index (χ1) is 13.9. The number of amides is 2. The molecule has 0 saturated heterocycles.